The number of ether oxygens (including phenoxy) is 5. The number of aliphatic carboxylic acids is 1. The van der Waals surface area contributed by atoms with Gasteiger partial charge in [0.25, 0.3) is 0 Å². The molecule has 0 bridgehead atoms. The van der Waals surface area contributed by atoms with Gasteiger partial charge < -0.3 is 28.8 Å². The predicted molar refractivity (Wildman–Crippen MR) is 102 cm³/mol. The van der Waals surface area contributed by atoms with E-state index in [1.165, 1.54) is 26.4 Å². The van der Waals surface area contributed by atoms with Gasteiger partial charge >= 0.3 is 18.7 Å². The van der Waals surface area contributed by atoms with Gasteiger partial charge in [-0.1, -0.05) is 0 Å². The van der Waals surface area contributed by atoms with E-state index in [2.05, 4.69) is 9.47 Å². The standard InChI is InChI=1S/C11H11F3O5.C9H7F3O3/c1-17-7-3-6(9(18-2)10(15)16)4-8(5-7)19-11(12,13)14;1-14-7-2-6(5-13)3-8(4-7)15-9(10,11)12/h3-5,9H,1-2H3,(H,15,16);2-5H,1H3. The van der Waals surface area contributed by atoms with Gasteiger partial charge in [-0.05, 0) is 29.8 Å². The van der Waals surface area contributed by atoms with Crippen molar-refractivity contribution in [3.8, 4) is 23.0 Å². The molecule has 0 fully saturated rings. The molecule has 34 heavy (non-hydrogen) atoms. The third-order valence-corrected chi connectivity index (χ3v) is 3.64. The highest BCUT2D eigenvalue weighted by Gasteiger charge is 2.32. The summed E-state index contributed by atoms with van der Waals surface area (Å²) in [4.78, 5) is 21.3. The first-order valence-electron chi connectivity index (χ1n) is 8.81. The maximum absolute atomic E-state index is 12.1. The van der Waals surface area contributed by atoms with Crippen molar-refractivity contribution >= 4 is 12.3 Å². The number of carbonyl (C=O) groups excluding carboxylic acids is 1. The molecule has 0 spiro atoms. The summed E-state index contributed by atoms with van der Waals surface area (Å²) in [6.45, 7) is 0. The molecule has 8 nitrogen and oxygen atoms in total. The molecule has 0 saturated heterocycles. The van der Waals surface area contributed by atoms with E-state index >= 15 is 0 Å². The van der Waals surface area contributed by atoms with Crippen molar-refractivity contribution in [3.63, 3.8) is 0 Å². The molecule has 1 unspecified atom stereocenters. The fourth-order valence-corrected chi connectivity index (χ4v) is 2.41. The normalized spacial score (nSPS) is 12.0. The largest absolute Gasteiger partial charge is 0.573 e. The molecule has 2 aromatic carbocycles. The lowest BCUT2D eigenvalue weighted by Crippen LogP contribution is -2.18. The molecule has 1 N–H and O–H groups in total. The van der Waals surface area contributed by atoms with E-state index in [0.717, 1.165) is 31.4 Å². The van der Waals surface area contributed by atoms with Crippen molar-refractivity contribution in [1.29, 1.82) is 0 Å². The van der Waals surface area contributed by atoms with Gasteiger partial charge in [0.05, 0.1) is 14.2 Å². The van der Waals surface area contributed by atoms with E-state index < -0.39 is 36.3 Å². The molecular weight excluding hydrogens is 482 g/mol. The maximum atomic E-state index is 12.1. The Morgan fingerprint density at radius 2 is 1.21 bits per heavy atom. The molecule has 0 heterocycles. The molecule has 2 aromatic rings. The van der Waals surface area contributed by atoms with E-state index in [1.807, 2.05) is 0 Å². The predicted octanol–water partition coefficient (Wildman–Crippen LogP) is 4.77. The fraction of sp³-hybridized carbons (Fsp3) is 0.300. The van der Waals surface area contributed by atoms with E-state index in [-0.39, 0.29) is 22.6 Å². The quantitative estimate of drug-likeness (QED) is 0.409. The summed E-state index contributed by atoms with van der Waals surface area (Å²) in [5, 5.41) is 8.88. The Morgan fingerprint density at radius 1 is 0.794 bits per heavy atom. The molecule has 188 valence electrons. The summed E-state index contributed by atoms with van der Waals surface area (Å²) in [6.07, 6.45) is -10.7. The number of hydrogen-bond acceptors (Lipinski definition) is 7. The summed E-state index contributed by atoms with van der Waals surface area (Å²) in [5.74, 6) is -2.25. The average molecular weight is 500 g/mol. The fourth-order valence-electron chi connectivity index (χ4n) is 2.41. The van der Waals surface area contributed by atoms with Crippen LogP contribution in [0.1, 0.15) is 22.0 Å². The lowest BCUT2D eigenvalue weighted by molar-refractivity contribution is -0.275. The van der Waals surface area contributed by atoms with Gasteiger partial charge in [0.2, 0.25) is 0 Å². The zero-order valence-corrected chi connectivity index (χ0v) is 17.7. The molecule has 2 rings (SSSR count). The molecule has 14 heteroatoms. The van der Waals surface area contributed by atoms with Crippen molar-refractivity contribution < 1.29 is 64.7 Å². The van der Waals surface area contributed by atoms with Crippen LogP contribution in [-0.4, -0.2) is 51.4 Å². The van der Waals surface area contributed by atoms with E-state index in [9.17, 15) is 35.9 Å². The van der Waals surface area contributed by atoms with Gasteiger partial charge in [0, 0.05) is 24.8 Å². The summed E-state index contributed by atoms with van der Waals surface area (Å²) in [5.41, 5.74) is 0.0298. The van der Waals surface area contributed by atoms with Crippen molar-refractivity contribution in [2.75, 3.05) is 21.3 Å². The number of aldehydes is 1. The highest BCUT2D eigenvalue weighted by atomic mass is 19.4. The van der Waals surface area contributed by atoms with Crippen LogP contribution in [0.15, 0.2) is 36.4 Å². The molecule has 0 saturated carbocycles. The Kier molecular flexibility index (Phi) is 9.98. The molecule has 0 amide bonds. The minimum absolute atomic E-state index is 0.0198. The second-order valence-corrected chi connectivity index (χ2v) is 6.05. The number of alkyl halides is 6. The van der Waals surface area contributed by atoms with Gasteiger partial charge in [-0.3, -0.25) is 4.79 Å². The van der Waals surface area contributed by atoms with Crippen LogP contribution in [0.3, 0.4) is 0 Å². The van der Waals surface area contributed by atoms with Crippen LogP contribution in [0, 0.1) is 0 Å². The third kappa shape index (κ3) is 9.85. The number of carbonyl (C=O) groups is 2. The molecule has 0 aliphatic heterocycles. The van der Waals surface area contributed by atoms with Crippen LogP contribution < -0.4 is 18.9 Å². The van der Waals surface area contributed by atoms with Crippen LogP contribution in [0.4, 0.5) is 26.3 Å². The minimum Gasteiger partial charge on any atom is -0.497 e. The highest BCUT2D eigenvalue weighted by Crippen LogP contribution is 2.31. The molecule has 0 aromatic heterocycles. The Labute approximate surface area is 188 Å². The number of carboxylic acid groups (broad SMARTS) is 1. The second-order valence-electron chi connectivity index (χ2n) is 6.05. The van der Waals surface area contributed by atoms with Gasteiger partial charge in [-0.25, -0.2) is 4.79 Å². The molecule has 0 radical (unpaired) electrons. The van der Waals surface area contributed by atoms with Crippen molar-refractivity contribution in [2.45, 2.75) is 18.8 Å². The van der Waals surface area contributed by atoms with Crippen LogP contribution >= 0.6 is 0 Å². The summed E-state index contributed by atoms with van der Waals surface area (Å²) in [7, 11) is 3.64. The highest BCUT2D eigenvalue weighted by molar-refractivity contribution is 5.76. The summed E-state index contributed by atoms with van der Waals surface area (Å²) >= 11 is 0. The number of halogens is 6. The average Bonchev–Trinajstić information content (AvgIpc) is 2.71. The number of hydrogen-bond donors (Lipinski definition) is 1. The van der Waals surface area contributed by atoms with Gasteiger partial charge in [-0.2, -0.15) is 0 Å². The van der Waals surface area contributed by atoms with Crippen LogP contribution in [0.25, 0.3) is 0 Å². The van der Waals surface area contributed by atoms with E-state index in [1.54, 1.807) is 0 Å². The Balaban J connectivity index is 0.000000350. The van der Waals surface area contributed by atoms with Crippen molar-refractivity contribution in [1.82, 2.24) is 0 Å². The van der Waals surface area contributed by atoms with Crippen LogP contribution in [0.2, 0.25) is 0 Å². The van der Waals surface area contributed by atoms with Gasteiger partial charge in [0.15, 0.2) is 6.10 Å². The Bertz CT molecular complexity index is 975. The first-order valence-corrected chi connectivity index (χ1v) is 8.81. The summed E-state index contributed by atoms with van der Waals surface area (Å²) < 4.78 is 93.6. The lowest BCUT2D eigenvalue weighted by atomic mass is 10.1. The number of rotatable bonds is 8. The van der Waals surface area contributed by atoms with Crippen molar-refractivity contribution in [3.05, 3.63) is 47.5 Å². The van der Waals surface area contributed by atoms with E-state index in [0.29, 0.717) is 6.29 Å². The minimum atomic E-state index is -4.88. The summed E-state index contributed by atoms with van der Waals surface area (Å²) in [6, 6.07) is 6.50. The SMILES string of the molecule is COc1cc(C=O)cc(OC(F)(F)F)c1.COc1cc(OC(F)(F)F)cc(C(OC)C(=O)O)c1. The Morgan fingerprint density at radius 3 is 1.59 bits per heavy atom. The molecule has 0 aliphatic carbocycles. The third-order valence-electron chi connectivity index (χ3n) is 3.64. The number of methoxy groups -OCH3 is 3. The van der Waals surface area contributed by atoms with Gasteiger partial charge in [0.1, 0.15) is 29.3 Å². The van der Waals surface area contributed by atoms with Gasteiger partial charge in [-0.15, -0.1) is 26.3 Å². The zero-order chi connectivity index (χ0) is 26.1. The smallest absolute Gasteiger partial charge is 0.497 e. The first-order chi connectivity index (χ1) is 15.7. The first kappa shape index (κ1) is 28.4. The van der Waals surface area contributed by atoms with E-state index in [4.69, 9.17) is 19.3 Å². The molecular formula is C20H18F6O8. The topological polar surface area (TPSA) is 101 Å². The monoisotopic (exact) mass is 500 g/mol. The Hall–Kier alpha value is -3.68. The number of carboxylic acids is 1. The zero-order valence-electron chi connectivity index (χ0n) is 17.7. The van der Waals surface area contributed by atoms with Crippen LogP contribution in [0.5, 0.6) is 23.0 Å². The van der Waals surface area contributed by atoms with Crippen LogP contribution in [-0.2, 0) is 9.53 Å². The maximum Gasteiger partial charge on any atom is 0.573 e. The second kappa shape index (κ2) is 12.0. The molecule has 0 aliphatic rings. The van der Waals surface area contributed by atoms with Crippen molar-refractivity contribution in [2.24, 2.45) is 0 Å². The lowest BCUT2D eigenvalue weighted by Gasteiger charge is -2.15. The number of benzene rings is 2. The molecule has 1 atom stereocenters.